The average Bonchev–Trinajstić information content (AvgIpc) is 3.73. The lowest BCUT2D eigenvalue weighted by Gasteiger charge is -2.45. The number of hydrogen-bond donors (Lipinski definition) is 4. The summed E-state index contributed by atoms with van der Waals surface area (Å²) in [6.45, 7) is 8.21. The highest BCUT2D eigenvalue weighted by molar-refractivity contribution is 8.14. The summed E-state index contributed by atoms with van der Waals surface area (Å²) in [5, 5.41) is 43.1. The summed E-state index contributed by atoms with van der Waals surface area (Å²) in [4.78, 5) is 28.3. The molecular weight excluding hydrogens is 757 g/mol. The van der Waals surface area contributed by atoms with Gasteiger partial charge in [-0.05, 0) is 86.8 Å². The topological polar surface area (TPSA) is 158 Å². The molecule has 0 aromatic heterocycles. The van der Waals surface area contributed by atoms with Crippen LogP contribution in [0.1, 0.15) is 75.3 Å². The number of carbonyl (C=O) groups excluding carboxylic acids is 2. The molecule has 4 aliphatic heterocycles. The first-order chi connectivity index (χ1) is 26.9. The standard InChI is InChI=1S/2C21H29NO5S/c2*1-3-4-5-6-18-11-16(23)12-21(25,27-18)19-14-28-20(24)22(19)13-15-7-9-17(26-2)10-8-15/h2*3,7-10,16,18-19,23,25H,1,4-6,11-14H2,2H3/t16-,18+,19-,21+;16-,18-,19+,21-/m01/s1. The molecule has 0 aliphatic carbocycles. The number of allylic oxidation sites excluding steroid dienone is 2. The molecule has 4 heterocycles. The van der Waals surface area contributed by atoms with E-state index in [9.17, 15) is 30.0 Å². The van der Waals surface area contributed by atoms with Gasteiger partial charge < -0.3 is 49.2 Å². The third kappa shape index (κ3) is 11.5. The molecule has 2 aromatic carbocycles. The molecule has 308 valence electrons. The minimum absolute atomic E-state index is 0.0823. The fourth-order valence-electron chi connectivity index (χ4n) is 7.83. The summed E-state index contributed by atoms with van der Waals surface area (Å²) in [7, 11) is 3.22. The number of aliphatic hydroxyl groups is 4. The number of carbonyl (C=O) groups is 2. The van der Waals surface area contributed by atoms with E-state index in [-0.39, 0.29) is 35.5 Å². The zero-order chi connectivity index (χ0) is 40.3. The Kier molecular flexibility index (Phi) is 16.2. The van der Waals surface area contributed by atoms with E-state index in [1.807, 2.05) is 60.7 Å². The van der Waals surface area contributed by atoms with Crippen LogP contribution in [0.4, 0.5) is 9.59 Å². The molecular formula is C42H58N2O10S2. The Morgan fingerprint density at radius 1 is 0.714 bits per heavy atom. The smallest absolute Gasteiger partial charge is 0.282 e. The van der Waals surface area contributed by atoms with Gasteiger partial charge in [-0.15, -0.1) is 13.2 Å². The maximum absolute atomic E-state index is 12.5. The van der Waals surface area contributed by atoms with Crippen LogP contribution in [0.25, 0.3) is 0 Å². The van der Waals surface area contributed by atoms with Crippen molar-refractivity contribution in [1.29, 1.82) is 0 Å². The van der Waals surface area contributed by atoms with Crippen molar-refractivity contribution >= 4 is 34.0 Å². The van der Waals surface area contributed by atoms with Crippen molar-refractivity contribution in [2.75, 3.05) is 25.7 Å². The van der Waals surface area contributed by atoms with Crippen LogP contribution >= 0.6 is 23.5 Å². The molecule has 0 unspecified atom stereocenters. The van der Waals surface area contributed by atoms with E-state index in [4.69, 9.17) is 18.9 Å². The quantitative estimate of drug-likeness (QED) is 0.106. The van der Waals surface area contributed by atoms with E-state index in [1.54, 1.807) is 24.0 Å². The molecule has 8 atom stereocenters. The van der Waals surface area contributed by atoms with Gasteiger partial charge in [0.2, 0.25) is 0 Å². The van der Waals surface area contributed by atoms with Gasteiger partial charge in [0, 0.05) is 37.4 Å². The number of nitrogens with zero attached hydrogens (tertiary/aromatic N) is 2. The molecule has 4 N–H and O–H groups in total. The van der Waals surface area contributed by atoms with E-state index in [2.05, 4.69) is 13.2 Å². The number of methoxy groups -OCH3 is 2. The van der Waals surface area contributed by atoms with Gasteiger partial charge in [0.1, 0.15) is 11.5 Å². The third-order valence-corrected chi connectivity index (χ3v) is 12.7. The number of benzene rings is 2. The summed E-state index contributed by atoms with van der Waals surface area (Å²) in [5.74, 6) is -0.691. The summed E-state index contributed by atoms with van der Waals surface area (Å²) >= 11 is 2.37. The van der Waals surface area contributed by atoms with Crippen LogP contribution in [-0.2, 0) is 22.6 Å². The predicted octanol–water partition coefficient (Wildman–Crippen LogP) is 6.63. The first-order valence-electron chi connectivity index (χ1n) is 19.4. The Morgan fingerprint density at radius 2 is 1.09 bits per heavy atom. The third-order valence-electron chi connectivity index (χ3n) is 10.8. The van der Waals surface area contributed by atoms with E-state index in [1.165, 1.54) is 23.5 Å². The molecule has 0 spiro atoms. The first-order valence-corrected chi connectivity index (χ1v) is 21.4. The van der Waals surface area contributed by atoms with Gasteiger partial charge in [-0.2, -0.15) is 0 Å². The van der Waals surface area contributed by atoms with E-state index in [0.717, 1.165) is 61.2 Å². The second-order valence-corrected chi connectivity index (χ2v) is 16.9. The molecule has 0 saturated carbocycles. The molecule has 56 heavy (non-hydrogen) atoms. The van der Waals surface area contributed by atoms with Crippen LogP contribution in [0.3, 0.4) is 0 Å². The van der Waals surface area contributed by atoms with Crippen LogP contribution in [-0.4, -0.2) is 115 Å². The van der Waals surface area contributed by atoms with Gasteiger partial charge in [-0.3, -0.25) is 9.59 Å². The van der Waals surface area contributed by atoms with Gasteiger partial charge >= 0.3 is 0 Å². The molecule has 2 amide bonds. The Balaban J connectivity index is 0.000000214. The molecule has 0 bridgehead atoms. The summed E-state index contributed by atoms with van der Waals surface area (Å²) in [5.41, 5.74) is 1.90. The SMILES string of the molecule is C=CCCC[C@@H]1C[C@@H](O)C[C@](O)([C@@H]2CSC(=O)N2Cc2ccc(OC)cc2)O1.C=CCCC[C@@H]1C[C@H](O)C[C@](O)([C@@H]2CSC(=O)N2Cc2ccc(OC)cc2)O1. The minimum atomic E-state index is -1.54. The van der Waals surface area contributed by atoms with Crippen molar-refractivity contribution in [3.8, 4) is 11.5 Å². The minimum Gasteiger partial charge on any atom is -0.497 e. The Bertz CT molecular complexity index is 1480. The fourth-order valence-corrected chi connectivity index (χ4v) is 10.0. The van der Waals surface area contributed by atoms with E-state index >= 15 is 0 Å². The molecule has 14 heteroatoms. The van der Waals surface area contributed by atoms with Crippen LogP contribution < -0.4 is 9.47 Å². The van der Waals surface area contributed by atoms with Crippen molar-refractivity contribution in [3.05, 3.63) is 85.0 Å². The lowest BCUT2D eigenvalue weighted by molar-refractivity contribution is -0.293. The highest BCUT2D eigenvalue weighted by Gasteiger charge is 2.53. The number of amides is 2. The highest BCUT2D eigenvalue weighted by Crippen LogP contribution is 2.41. The van der Waals surface area contributed by atoms with E-state index in [0.29, 0.717) is 37.4 Å². The maximum atomic E-state index is 12.5. The van der Waals surface area contributed by atoms with Gasteiger partial charge in [0.15, 0.2) is 11.6 Å². The van der Waals surface area contributed by atoms with Crippen LogP contribution in [0.15, 0.2) is 73.8 Å². The first kappa shape index (κ1) is 44.0. The summed E-state index contributed by atoms with van der Waals surface area (Å²) in [6, 6.07) is 14.0. The van der Waals surface area contributed by atoms with Crippen LogP contribution in [0, 0.1) is 0 Å². The van der Waals surface area contributed by atoms with Crippen molar-refractivity contribution in [2.45, 2.75) is 125 Å². The number of hydrogen-bond acceptors (Lipinski definition) is 12. The number of unbranched alkanes of at least 4 members (excludes halogenated alkanes) is 2. The normalized spacial score (nSPS) is 30.5. The second kappa shape index (κ2) is 20.6. The lowest BCUT2D eigenvalue weighted by Crippen LogP contribution is -2.59. The molecule has 2 aromatic rings. The van der Waals surface area contributed by atoms with Gasteiger partial charge in [-0.25, -0.2) is 0 Å². The van der Waals surface area contributed by atoms with Gasteiger partial charge in [0.25, 0.3) is 10.5 Å². The Hall–Kier alpha value is -3.08. The Labute approximate surface area is 339 Å². The van der Waals surface area contributed by atoms with Crippen molar-refractivity contribution in [3.63, 3.8) is 0 Å². The molecule has 4 aliphatic rings. The second-order valence-electron chi connectivity index (χ2n) is 14.9. The molecule has 4 fully saturated rings. The zero-order valence-electron chi connectivity index (χ0n) is 32.5. The van der Waals surface area contributed by atoms with Crippen molar-refractivity contribution in [1.82, 2.24) is 9.80 Å². The number of ether oxygens (including phenoxy) is 4. The summed E-state index contributed by atoms with van der Waals surface area (Å²) < 4.78 is 22.5. The number of rotatable bonds is 16. The molecule has 4 saturated heterocycles. The molecule has 6 rings (SSSR count). The molecule has 12 nitrogen and oxygen atoms in total. The average molecular weight is 815 g/mol. The van der Waals surface area contributed by atoms with Crippen molar-refractivity contribution in [2.24, 2.45) is 0 Å². The maximum Gasteiger partial charge on any atom is 0.282 e. The number of thioether (sulfide) groups is 2. The highest BCUT2D eigenvalue weighted by atomic mass is 32.2. The fraction of sp³-hybridized carbons (Fsp3) is 0.571. The monoisotopic (exact) mass is 814 g/mol. The zero-order valence-corrected chi connectivity index (χ0v) is 34.1. The van der Waals surface area contributed by atoms with Gasteiger partial charge in [0.05, 0.1) is 50.7 Å². The van der Waals surface area contributed by atoms with Crippen molar-refractivity contribution < 1.29 is 49.0 Å². The lowest BCUT2D eigenvalue weighted by atomic mass is 9.91. The van der Waals surface area contributed by atoms with Crippen LogP contribution in [0.2, 0.25) is 0 Å². The largest absolute Gasteiger partial charge is 0.497 e. The Morgan fingerprint density at radius 3 is 1.43 bits per heavy atom. The predicted molar refractivity (Wildman–Crippen MR) is 219 cm³/mol. The van der Waals surface area contributed by atoms with Crippen LogP contribution in [0.5, 0.6) is 11.5 Å². The van der Waals surface area contributed by atoms with Gasteiger partial charge in [-0.1, -0.05) is 59.9 Å². The molecule has 0 radical (unpaired) electrons. The summed E-state index contributed by atoms with van der Waals surface area (Å²) in [6.07, 6.45) is 8.24. The van der Waals surface area contributed by atoms with E-state index < -0.39 is 35.9 Å². The number of aliphatic hydroxyl groups excluding tert-OH is 2.